The van der Waals surface area contributed by atoms with Gasteiger partial charge in [-0.25, -0.2) is 4.39 Å². The van der Waals surface area contributed by atoms with Crippen LogP contribution in [0.2, 0.25) is 0 Å². The summed E-state index contributed by atoms with van der Waals surface area (Å²) >= 11 is 0. The predicted molar refractivity (Wildman–Crippen MR) is 127 cm³/mol. The lowest BCUT2D eigenvalue weighted by molar-refractivity contribution is -0.150. The van der Waals surface area contributed by atoms with Crippen LogP contribution < -0.4 is 27.4 Å². The molecule has 0 aliphatic carbocycles. The van der Waals surface area contributed by atoms with Gasteiger partial charge >= 0.3 is 6.18 Å². The lowest BCUT2D eigenvalue weighted by atomic mass is 9.74. The van der Waals surface area contributed by atoms with Crippen molar-refractivity contribution in [2.45, 2.75) is 83.1 Å². The molecule has 3 heterocycles. The fraction of sp³-hybridized carbons (Fsp3) is 0.739. The molecular formula is C23H37F4N7O. The molecule has 0 aromatic carbocycles. The van der Waals surface area contributed by atoms with Crippen molar-refractivity contribution in [3.63, 3.8) is 0 Å². The highest BCUT2D eigenvalue weighted by Gasteiger charge is 2.48. The van der Waals surface area contributed by atoms with Crippen LogP contribution in [0.5, 0.6) is 0 Å². The number of hydrogen-bond donors (Lipinski definition) is 5. The Hall–Kier alpha value is -2.02. The average molecular weight is 504 g/mol. The van der Waals surface area contributed by atoms with Gasteiger partial charge < -0.3 is 22.1 Å². The molecule has 6 atom stereocenters. The molecule has 0 radical (unpaired) electrons. The quantitative estimate of drug-likeness (QED) is 0.279. The lowest BCUT2D eigenvalue weighted by Crippen LogP contribution is -2.55. The number of amides is 1. The SMILES string of the molecule is CCC1(C)C/C=C(F)\C=N/C(C(C(=O)NC2=CNCCC2N2CC(C(F)(F)F)NC2C)C(N)N)C1. The average Bonchev–Trinajstić information content (AvgIpc) is 3.17. The fourth-order valence-electron chi connectivity index (χ4n) is 5.07. The van der Waals surface area contributed by atoms with E-state index in [-0.39, 0.29) is 12.0 Å². The molecule has 1 amide bonds. The Bertz CT molecular complexity index is 859. The van der Waals surface area contributed by atoms with Crippen molar-refractivity contribution < 1.29 is 22.4 Å². The maximum Gasteiger partial charge on any atom is 0.405 e. The molecule has 7 N–H and O–H groups in total. The van der Waals surface area contributed by atoms with Crippen LogP contribution in [0, 0.1) is 11.3 Å². The Labute approximate surface area is 203 Å². The van der Waals surface area contributed by atoms with E-state index in [1.54, 1.807) is 18.0 Å². The van der Waals surface area contributed by atoms with Crippen molar-refractivity contribution in [1.82, 2.24) is 20.9 Å². The van der Waals surface area contributed by atoms with Crippen molar-refractivity contribution in [2.24, 2.45) is 27.8 Å². The molecule has 0 bridgehead atoms. The number of carbonyl (C=O) groups excluding carboxylic acids is 1. The Morgan fingerprint density at radius 2 is 2.11 bits per heavy atom. The minimum Gasteiger partial charge on any atom is -0.389 e. The monoisotopic (exact) mass is 503 g/mol. The number of halogens is 4. The normalized spacial score (nSPS) is 35.8. The van der Waals surface area contributed by atoms with E-state index in [0.717, 1.165) is 12.6 Å². The molecule has 1 fully saturated rings. The lowest BCUT2D eigenvalue weighted by Gasteiger charge is -2.38. The van der Waals surface area contributed by atoms with Crippen LogP contribution in [0.1, 0.15) is 46.5 Å². The smallest absolute Gasteiger partial charge is 0.389 e. The zero-order chi connectivity index (χ0) is 26.0. The molecule has 0 aromatic rings. The van der Waals surface area contributed by atoms with Gasteiger partial charge in [-0.3, -0.25) is 20.0 Å². The number of nitrogens with zero attached hydrogens (tertiary/aromatic N) is 2. The van der Waals surface area contributed by atoms with Gasteiger partial charge in [0.15, 0.2) is 0 Å². The molecule has 3 aliphatic rings. The van der Waals surface area contributed by atoms with Crippen LogP contribution in [0.4, 0.5) is 17.6 Å². The predicted octanol–water partition coefficient (Wildman–Crippen LogP) is 1.85. The van der Waals surface area contributed by atoms with Gasteiger partial charge in [0.05, 0.1) is 42.2 Å². The molecule has 0 saturated carbocycles. The number of nitrogens with two attached hydrogens (primary N) is 2. The van der Waals surface area contributed by atoms with Gasteiger partial charge in [0.1, 0.15) is 11.9 Å². The maximum absolute atomic E-state index is 14.1. The second-order valence-corrected chi connectivity index (χ2v) is 10.1. The first-order valence-corrected chi connectivity index (χ1v) is 12.1. The third-order valence-corrected chi connectivity index (χ3v) is 7.44. The summed E-state index contributed by atoms with van der Waals surface area (Å²) in [5, 5.41) is 8.49. The molecular weight excluding hydrogens is 466 g/mol. The van der Waals surface area contributed by atoms with E-state index in [2.05, 4.69) is 20.9 Å². The second-order valence-electron chi connectivity index (χ2n) is 10.1. The highest BCUT2D eigenvalue weighted by Crippen LogP contribution is 2.37. The Morgan fingerprint density at radius 1 is 1.40 bits per heavy atom. The van der Waals surface area contributed by atoms with Crippen LogP contribution >= 0.6 is 0 Å². The van der Waals surface area contributed by atoms with Crippen LogP contribution in [0.15, 0.2) is 28.8 Å². The van der Waals surface area contributed by atoms with E-state index in [9.17, 15) is 22.4 Å². The van der Waals surface area contributed by atoms with Crippen LogP contribution in [-0.4, -0.2) is 66.7 Å². The van der Waals surface area contributed by atoms with Crippen molar-refractivity contribution >= 4 is 12.1 Å². The summed E-state index contributed by atoms with van der Waals surface area (Å²) < 4.78 is 54.1. The summed E-state index contributed by atoms with van der Waals surface area (Å²) in [6, 6.07) is -2.74. The molecule has 198 valence electrons. The number of rotatable bonds is 6. The molecule has 3 rings (SSSR count). The summed E-state index contributed by atoms with van der Waals surface area (Å²) in [4.78, 5) is 19.5. The molecule has 12 heteroatoms. The first-order valence-electron chi connectivity index (χ1n) is 12.1. The third-order valence-electron chi connectivity index (χ3n) is 7.44. The number of alkyl halides is 3. The van der Waals surface area contributed by atoms with E-state index in [4.69, 9.17) is 11.5 Å². The Kier molecular flexibility index (Phi) is 8.61. The van der Waals surface area contributed by atoms with E-state index in [1.165, 1.54) is 6.08 Å². The highest BCUT2D eigenvalue weighted by atomic mass is 19.4. The summed E-state index contributed by atoms with van der Waals surface area (Å²) in [5.74, 6) is -1.92. The van der Waals surface area contributed by atoms with Crippen molar-refractivity contribution in [3.05, 3.63) is 23.8 Å². The first kappa shape index (κ1) is 27.6. The summed E-state index contributed by atoms with van der Waals surface area (Å²) in [6.07, 6.45) is 0.449. The fourth-order valence-corrected chi connectivity index (χ4v) is 5.07. The van der Waals surface area contributed by atoms with Gasteiger partial charge in [-0.2, -0.15) is 13.2 Å². The maximum atomic E-state index is 14.1. The molecule has 0 spiro atoms. The zero-order valence-electron chi connectivity index (χ0n) is 20.4. The molecule has 8 nitrogen and oxygen atoms in total. The van der Waals surface area contributed by atoms with E-state index in [0.29, 0.717) is 31.5 Å². The van der Waals surface area contributed by atoms with Crippen LogP contribution in [0.25, 0.3) is 0 Å². The van der Waals surface area contributed by atoms with Crippen LogP contribution in [-0.2, 0) is 4.79 Å². The van der Waals surface area contributed by atoms with E-state index >= 15 is 0 Å². The second kappa shape index (κ2) is 10.9. The van der Waals surface area contributed by atoms with Gasteiger partial charge in [0, 0.05) is 19.3 Å². The topological polar surface area (TPSA) is 121 Å². The molecule has 6 unspecified atom stereocenters. The highest BCUT2D eigenvalue weighted by molar-refractivity contribution is 5.83. The van der Waals surface area contributed by atoms with Gasteiger partial charge in [-0.15, -0.1) is 0 Å². The summed E-state index contributed by atoms with van der Waals surface area (Å²) in [7, 11) is 0. The Morgan fingerprint density at radius 3 is 2.71 bits per heavy atom. The number of carbonyl (C=O) groups is 1. The van der Waals surface area contributed by atoms with Crippen LogP contribution in [0.3, 0.4) is 0 Å². The number of hydrogen-bond acceptors (Lipinski definition) is 7. The minimum atomic E-state index is -4.37. The molecule has 1 saturated heterocycles. The Balaban J connectivity index is 1.81. The molecule has 0 aromatic heterocycles. The van der Waals surface area contributed by atoms with Gasteiger partial charge in [0.25, 0.3) is 0 Å². The molecule has 35 heavy (non-hydrogen) atoms. The van der Waals surface area contributed by atoms with Crippen molar-refractivity contribution in [1.29, 1.82) is 0 Å². The van der Waals surface area contributed by atoms with Gasteiger partial charge in [0.2, 0.25) is 5.91 Å². The molecule has 3 aliphatic heterocycles. The van der Waals surface area contributed by atoms with E-state index < -0.39 is 54.3 Å². The standard InChI is InChI=1S/C23H37F4N7O/c1-4-22(3)7-5-14(24)10-31-15(9-22)19(20(28)29)21(35)33-16-11-30-8-6-17(16)34-12-18(23(25,26)27)32-13(34)2/h5,10-11,13,15,17-20,30,32H,4,6-9,12,28-29H2,1-3H3,(H,33,35)/b14-5+,31-10-. The van der Waals surface area contributed by atoms with Crippen molar-refractivity contribution in [2.75, 3.05) is 13.1 Å². The summed E-state index contributed by atoms with van der Waals surface area (Å²) in [5.41, 5.74) is 12.2. The summed E-state index contributed by atoms with van der Waals surface area (Å²) in [6.45, 7) is 5.99. The van der Waals surface area contributed by atoms with Gasteiger partial charge in [-0.1, -0.05) is 20.3 Å². The van der Waals surface area contributed by atoms with Crippen molar-refractivity contribution in [3.8, 4) is 0 Å². The van der Waals surface area contributed by atoms with Gasteiger partial charge in [-0.05, 0) is 37.7 Å². The zero-order valence-corrected chi connectivity index (χ0v) is 20.4. The van der Waals surface area contributed by atoms with E-state index in [1.807, 2.05) is 13.8 Å². The third kappa shape index (κ3) is 6.60. The minimum absolute atomic E-state index is 0.226. The number of allylic oxidation sites excluding steroid dienone is 2. The largest absolute Gasteiger partial charge is 0.405 e. The number of nitrogens with one attached hydrogen (secondary N) is 3. The first-order chi connectivity index (χ1) is 16.3. The number of aliphatic imine (C=N–C) groups is 1.